The summed E-state index contributed by atoms with van der Waals surface area (Å²) in [6.45, 7) is 12.6. The van der Waals surface area contributed by atoms with Gasteiger partial charge in [0.1, 0.15) is 5.82 Å². The molecule has 0 radical (unpaired) electrons. The van der Waals surface area contributed by atoms with Crippen LogP contribution in [0.5, 0.6) is 0 Å². The molecule has 8 nitrogen and oxygen atoms in total. The average Bonchev–Trinajstić information content (AvgIpc) is 3.07. The maximum absolute atomic E-state index is 5.46. The number of morpholine rings is 1. The number of aromatic nitrogens is 3. The van der Waals surface area contributed by atoms with E-state index in [-0.39, 0.29) is 24.0 Å². The second-order valence-corrected chi connectivity index (χ2v) is 7.21. The van der Waals surface area contributed by atoms with Gasteiger partial charge in [0.15, 0.2) is 5.96 Å². The number of anilines is 1. The third kappa shape index (κ3) is 7.12. The molecule has 2 N–H and O–H groups in total. The Kier molecular flexibility index (Phi) is 10.4. The van der Waals surface area contributed by atoms with Crippen molar-refractivity contribution in [2.24, 2.45) is 4.99 Å². The molecule has 1 aliphatic rings. The fourth-order valence-corrected chi connectivity index (χ4v) is 3.46. The fraction of sp³-hybridized carbons (Fsp3) is 0.571. The number of hydrogen-bond donors (Lipinski definition) is 2. The fourth-order valence-electron chi connectivity index (χ4n) is 3.46. The predicted octanol–water partition coefficient (Wildman–Crippen LogP) is 2.49. The van der Waals surface area contributed by atoms with Gasteiger partial charge in [-0.25, -0.2) is 9.98 Å². The lowest BCUT2D eigenvalue weighted by atomic mass is 10.2. The van der Waals surface area contributed by atoms with Gasteiger partial charge < -0.3 is 20.3 Å². The summed E-state index contributed by atoms with van der Waals surface area (Å²) >= 11 is 0. The van der Waals surface area contributed by atoms with Crippen LogP contribution in [0.15, 0.2) is 29.4 Å². The van der Waals surface area contributed by atoms with Crippen molar-refractivity contribution >= 4 is 35.8 Å². The number of aliphatic imine (C=N–C) groups is 1. The van der Waals surface area contributed by atoms with E-state index >= 15 is 0 Å². The highest BCUT2D eigenvalue weighted by atomic mass is 127. The SMILES string of the molecule is CCNC(=NCc1cccnc1N1CCOCC1)NCCCn1nc(C)cc1C.I. The minimum atomic E-state index is 0. The van der Waals surface area contributed by atoms with E-state index in [4.69, 9.17) is 9.73 Å². The molecule has 0 bridgehead atoms. The Bertz CT molecular complexity index is 802. The van der Waals surface area contributed by atoms with Gasteiger partial charge in [-0.15, -0.1) is 24.0 Å². The normalized spacial score (nSPS) is 14.4. The number of rotatable bonds is 8. The van der Waals surface area contributed by atoms with Crippen molar-refractivity contribution in [3.8, 4) is 0 Å². The molecule has 2 aromatic rings. The summed E-state index contributed by atoms with van der Waals surface area (Å²) in [6, 6.07) is 6.19. The van der Waals surface area contributed by atoms with Crippen LogP contribution < -0.4 is 15.5 Å². The molecule has 0 spiro atoms. The van der Waals surface area contributed by atoms with Crippen LogP contribution in [0.4, 0.5) is 5.82 Å². The molecule has 2 aromatic heterocycles. The molecule has 0 unspecified atom stereocenters. The van der Waals surface area contributed by atoms with E-state index in [1.54, 1.807) is 0 Å². The van der Waals surface area contributed by atoms with Crippen LogP contribution in [0, 0.1) is 13.8 Å². The van der Waals surface area contributed by atoms with E-state index in [0.717, 1.165) is 75.4 Å². The van der Waals surface area contributed by atoms with Crippen molar-refractivity contribution in [2.45, 2.75) is 40.3 Å². The van der Waals surface area contributed by atoms with Crippen LogP contribution in [0.3, 0.4) is 0 Å². The minimum Gasteiger partial charge on any atom is -0.378 e. The third-order valence-corrected chi connectivity index (χ3v) is 4.87. The quantitative estimate of drug-likeness (QED) is 0.238. The van der Waals surface area contributed by atoms with Gasteiger partial charge >= 0.3 is 0 Å². The van der Waals surface area contributed by atoms with Gasteiger partial charge in [0.05, 0.1) is 25.5 Å². The van der Waals surface area contributed by atoms with E-state index in [1.807, 2.05) is 19.2 Å². The molecule has 166 valence electrons. The van der Waals surface area contributed by atoms with Crippen molar-refractivity contribution in [2.75, 3.05) is 44.3 Å². The van der Waals surface area contributed by atoms with Gasteiger partial charge in [-0.3, -0.25) is 4.68 Å². The molecule has 9 heteroatoms. The van der Waals surface area contributed by atoms with Crippen molar-refractivity contribution in [1.29, 1.82) is 0 Å². The van der Waals surface area contributed by atoms with Crippen LogP contribution in [-0.2, 0) is 17.8 Å². The first-order valence-electron chi connectivity index (χ1n) is 10.5. The smallest absolute Gasteiger partial charge is 0.191 e. The summed E-state index contributed by atoms with van der Waals surface area (Å²) in [5, 5.41) is 11.3. The number of halogens is 1. The predicted molar refractivity (Wildman–Crippen MR) is 132 cm³/mol. The lowest BCUT2D eigenvalue weighted by molar-refractivity contribution is 0.122. The van der Waals surface area contributed by atoms with E-state index in [1.165, 1.54) is 5.69 Å². The first kappa shape index (κ1) is 24.4. The molecular weight excluding hydrogens is 493 g/mol. The molecule has 0 atom stereocenters. The molecule has 0 aliphatic carbocycles. The number of nitrogens with one attached hydrogen (secondary N) is 2. The maximum Gasteiger partial charge on any atom is 0.191 e. The zero-order valence-electron chi connectivity index (χ0n) is 18.2. The molecule has 3 heterocycles. The molecule has 0 saturated carbocycles. The third-order valence-electron chi connectivity index (χ3n) is 4.87. The van der Waals surface area contributed by atoms with E-state index in [2.05, 4.69) is 56.3 Å². The summed E-state index contributed by atoms with van der Waals surface area (Å²) in [4.78, 5) is 11.7. The number of nitrogens with zero attached hydrogens (tertiary/aromatic N) is 5. The van der Waals surface area contributed by atoms with Gasteiger partial charge in [-0.05, 0) is 39.3 Å². The summed E-state index contributed by atoms with van der Waals surface area (Å²) in [6.07, 6.45) is 2.83. The van der Waals surface area contributed by atoms with E-state index in [9.17, 15) is 0 Å². The Morgan fingerprint density at radius 3 is 2.73 bits per heavy atom. The number of aryl methyl sites for hydroxylation is 3. The lowest BCUT2D eigenvalue weighted by Crippen LogP contribution is -2.38. The number of pyridine rings is 1. The van der Waals surface area contributed by atoms with Gasteiger partial charge in [0, 0.05) is 50.2 Å². The highest BCUT2D eigenvalue weighted by Crippen LogP contribution is 2.19. The largest absolute Gasteiger partial charge is 0.378 e. The molecule has 0 aromatic carbocycles. The zero-order valence-corrected chi connectivity index (χ0v) is 20.6. The van der Waals surface area contributed by atoms with Gasteiger partial charge in [0.25, 0.3) is 0 Å². The first-order chi connectivity index (χ1) is 14.2. The Morgan fingerprint density at radius 2 is 2.03 bits per heavy atom. The van der Waals surface area contributed by atoms with Crippen LogP contribution in [0.2, 0.25) is 0 Å². The average molecular weight is 527 g/mol. The molecule has 1 fully saturated rings. The number of hydrogen-bond acceptors (Lipinski definition) is 5. The summed E-state index contributed by atoms with van der Waals surface area (Å²) in [7, 11) is 0. The standard InChI is InChI=1S/C21H33N7O.HI/c1-4-22-21(24-9-6-10-28-18(3)15-17(2)26-28)25-16-19-7-5-8-23-20(19)27-11-13-29-14-12-27;/h5,7-8,15H,4,6,9-14,16H2,1-3H3,(H2,22,24,25);1H. The molecule has 0 amide bonds. The van der Waals surface area contributed by atoms with Crippen molar-refractivity contribution < 1.29 is 4.74 Å². The van der Waals surface area contributed by atoms with Crippen molar-refractivity contribution in [1.82, 2.24) is 25.4 Å². The van der Waals surface area contributed by atoms with Crippen LogP contribution in [0.25, 0.3) is 0 Å². The molecule has 3 rings (SSSR count). The minimum absolute atomic E-state index is 0. The first-order valence-corrected chi connectivity index (χ1v) is 10.5. The summed E-state index contributed by atoms with van der Waals surface area (Å²) in [5.41, 5.74) is 3.41. The molecular formula is C21H34IN7O. The molecule has 1 saturated heterocycles. The second kappa shape index (κ2) is 12.7. The topological polar surface area (TPSA) is 79.6 Å². The second-order valence-electron chi connectivity index (χ2n) is 7.21. The monoisotopic (exact) mass is 527 g/mol. The van der Waals surface area contributed by atoms with Crippen molar-refractivity contribution in [3.63, 3.8) is 0 Å². The maximum atomic E-state index is 5.46. The molecule has 1 aliphatic heterocycles. The molecule has 30 heavy (non-hydrogen) atoms. The lowest BCUT2D eigenvalue weighted by Gasteiger charge is -2.29. The Morgan fingerprint density at radius 1 is 1.23 bits per heavy atom. The van der Waals surface area contributed by atoms with Crippen molar-refractivity contribution in [3.05, 3.63) is 41.3 Å². The Labute approximate surface area is 196 Å². The Balaban J connectivity index is 0.00000320. The van der Waals surface area contributed by atoms with Gasteiger partial charge in [0.2, 0.25) is 0 Å². The number of guanidine groups is 1. The summed E-state index contributed by atoms with van der Waals surface area (Å²) in [5.74, 6) is 1.84. The van der Waals surface area contributed by atoms with Crippen LogP contribution in [-0.4, -0.2) is 60.1 Å². The highest BCUT2D eigenvalue weighted by Gasteiger charge is 2.15. The van der Waals surface area contributed by atoms with Gasteiger partial charge in [-0.2, -0.15) is 5.10 Å². The van der Waals surface area contributed by atoms with Crippen LogP contribution in [0.1, 0.15) is 30.3 Å². The Hall–Kier alpha value is -1.88. The summed E-state index contributed by atoms with van der Waals surface area (Å²) < 4.78 is 7.52. The van der Waals surface area contributed by atoms with Gasteiger partial charge in [-0.1, -0.05) is 6.07 Å². The van der Waals surface area contributed by atoms with E-state index < -0.39 is 0 Å². The number of ether oxygens (including phenoxy) is 1. The van der Waals surface area contributed by atoms with Crippen LogP contribution >= 0.6 is 24.0 Å². The highest BCUT2D eigenvalue weighted by molar-refractivity contribution is 14.0. The van der Waals surface area contributed by atoms with E-state index in [0.29, 0.717) is 6.54 Å². The zero-order chi connectivity index (χ0) is 20.5.